The molecule has 1 aliphatic rings. The number of thiophene rings is 1. The van der Waals surface area contributed by atoms with E-state index in [4.69, 9.17) is 30.5 Å². The lowest BCUT2D eigenvalue weighted by Crippen LogP contribution is -2.45. The number of para-hydroxylation sites is 1. The lowest BCUT2D eigenvalue weighted by molar-refractivity contribution is -0.151. The highest BCUT2D eigenvalue weighted by molar-refractivity contribution is 7.21. The van der Waals surface area contributed by atoms with Crippen LogP contribution in [0, 0.1) is 6.92 Å². The maximum Gasteiger partial charge on any atom is 0.347 e. The van der Waals surface area contributed by atoms with E-state index in [0.717, 1.165) is 49.6 Å². The van der Waals surface area contributed by atoms with Gasteiger partial charge >= 0.3 is 11.9 Å². The standard InChI is InChI=1S/C33H37ClN4O7S/c1-5-43-33(41)25(18-21-8-6-7-9-23(21)42-4)45-30-27-26(29(32(39)40)46-31(27)36-19-35-30)22-10-11-24(28(34)20(22)2)44-17-16-38-14-12-37(3)13-15-38/h6-11,19,25H,5,12-18H2,1-4H3,(H,39,40). The summed E-state index contributed by atoms with van der Waals surface area (Å²) in [5, 5.41) is 11.0. The van der Waals surface area contributed by atoms with Gasteiger partial charge in [0, 0.05) is 44.7 Å². The molecule has 0 bridgehead atoms. The van der Waals surface area contributed by atoms with Crippen molar-refractivity contribution < 1.29 is 33.6 Å². The number of benzene rings is 2. The number of rotatable bonds is 13. The zero-order chi connectivity index (χ0) is 32.8. The molecule has 1 fully saturated rings. The van der Waals surface area contributed by atoms with Crippen LogP contribution in [0.15, 0.2) is 42.7 Å². The van der Waals surface area contributed by atoms with Crippen molar-refractivity contribution in [1.29, 1.82) is 0 Å². The smallest absolute Gasteiger partial charge is 0.347 e. The number of carboxylic acid groups (broad SMARTS) is 1. The molecule has 2 aromatic heterocycles. The summed E-state index contributed by atoms with van der Waals surface area (Å²) in [6.45, 7) is 8.93. The van der Waals surface area contributed by atoms with Crippen LogP contribution in [0.1, 0.15) is 27.7 Å². The van der Waals surface area contributed by atoms with Crippen LogP contribution >= 0.6 is 22.9 Å². The topological polar surface area (TPSA) is 124 Å². The van der Waals surface area contributed by atoms with E-state index in [-0.39, 0.29) is 23.8 Å². The number of hydrogen-bond donors (Lipinski definition) is 1. The number of piperazine rings is 1. The molecule has 46 heavy (non-hydrogen) atoms. The molecular formula is C33H37ClN4O7S. The van der Waals surface area contributed by atoms with Crippen LogP contribution in [0.2, 0.25) is 5.02 Å². The number of hydrogen-bond acceptors (Lipinski definition) is 11. The number of halogens is 1. The molecule has 4 aromatic rings. The molecule has 0 radical (unpaired) electrons. The lowest BCUT2D eigenvalue weighted by Gasteiger charge is -2.32. The minimum atomic E-state index is -1.14. The lowest BCUT2D eigenvalue weighted by atomic mass is 9.98. The predicted octanol–water partition coefficient (Wildman–Crippen LogP) is 5.21. The summed E-state index contributed by atoms with van der Waals surface area (Å²) in [7, 11) is 3.67. The molecule has 244 valence electrons. The van der Waals surface area contributed by atoms with Crippen molar-refractivity contribution in [3.8, 4) is 28.5 Å². The maximum absolute atomic E-state index is 13.1. The van der Waals surface area contributed by atoms with Crippen LogP contribution in [-0.2, 0) is 16.0 Å². The van der Waals surface area contributed by atoms with E-state index in [9.17, 15) is 14.7 Å². The van der Waals surface area contributed by atoms with E-state index in [1.54, 1.807) is 32.2 Å². The minimum Gasteiger partial charge on any atom is -0.496 e. The first kappa shape index (κ1) is 33.4. The molecule has 5 rings (SSSR count). The molecule has 11 nitrogen and oxygen atoms in total. The highest BCUT2D eigenvalue weighted by atomic mass is 35.5. The summed E-state index contributed by atoms with van der Waals surface area (Å²) in [5.41, 5.74) is 2.28. The maximum atomic E-state index is 13.1. The van der Waals surface area contributed by atoms with Gasteiger partial charge in [-0.05, 0) is 49.7 Å². The van der Waals surface area contributed by atoms with Crippen LogP contribution in [0.3, 0.4) is 0 Å². The number of esters is 1. The number of nitrogens with zero attached hydrogens (tertiary/aromatic N) is 4. The number of aromatic nitrogens is 2. The Morgan fingerprint density at radius 1 is 1.09 bits per heavy atom. The Bertz CT molecular complexity index is 1710. The molecule has 1 unspecified atom stereocenters. The van der Waals surface area contributed by atoms with Crippen LogP contribution in [0.4, 0.5) is 0 Å². The van der Waals surface area contributed by atoms with Crippen molar-refractivity contribution in [3.63, 3.8) is 0 Å². The molecule has 1 atom stereocenters. The molecule has 1 saturated heterocycles. The number of methoxy groups -OCH3 is 1. The summed E-state index contributed by atoms with van der Waals surface area (Å²) in [4.78, 5) is 39.5. The summed E-state index contributed by atoms with van der Waals surface area (Å²) in [6.07, 6.45) is 0.313. The molecule has 3 heterocycles. The zero-order valence-corrected chi connectivity index (χ0v) is 27.8. The van der Waals surface area contributed by atoms with E-state index in [0.29, 0.717) is 50.0 Å². The number of aromatic carboxylic acids is 1. The van der Waals surface area contributed by atoms with Gasteiger partial charge in [-0.25, -0.2) is 19.6 Å². The molecule has 13 heteroatoms. The van der Waals surface area contributed by atoms with E-state index < -0.39 is 18.0 Å². The van der Waals surface area contributed by atoms with Gasteiger partial charge in [0.2, 0.25) is 12.0 Å². The van der Waals surface area contributed by atoms with Gasteiger partial charge in [0.15, 0.2) is 0 Å². The van der Waals surface area contributed by atoms with Crippen LogP contribution < -0.4 is 14.2 Å². The zero-order valence-electron chi connectivity index (χ0n) is 26.2. The van der Waals surface area contributed by atoms with Gasteiger partial charge in [0.25, 0.3) is 0 Å². The quantitative estimate of drug-likeness (QED) is 0.189. The molecule has 0 amide bonds. The highest BCUT2D eigenvalue weighted by Crippen LogP contribution is 2.45. The number of fused-ring (bicyclic) bond motifs is 1. The fourth-order valence-electron chi connectivity index (χ4n) is 5.42. The van der Waals surface area contributed by atoms with Crippen molar-refractivity contribution in [3.05, 3.63) is 63.8 Å². The van der Waals surface area contributed by atoms with Crippen LogP contribution in [-0.4, -0.2) is 103 Å². The second-order valence-corrected chi connectivity index (χ2v) is 12.3. The van der Waals surface area contributed by atoms with Crippen LogP contribution in [0.25, 0.3) is 21.3 Å². The average Bonchev–Trinajstić information content (AvgIpc) is 3.45. The van der Waals surface area contributed by atoms with E-state index >= 15 is 0 Å². The van der Waals surface area contributed by atoms with Crippen LogP contribution in [0.5, 0.6) is 17.4 Å². The summed E-state index contributed by atoms with van der Waals surface area (Å²) < 4.78 is 23.2. The second-order valence-electron chi connectivity index (χ2n) is 10.9. The van der Waals surface area contributed by atoms with E-state index in [1.807, 2.05) is 25.1 Å². The first-order valence-corrected chi connectivity index (χ1v) is 16.2. The van der Waals surface area contributed by atoms with E-state index in [1.165, 1.54) is 6.33 Å². The fourth-order valence-corrected chi connectivity index (χ4v) is 6.62. The molecule has 1 N–H and O–H groups in total. The second kappa shape index (κ2) is 15.1. The molecule has 1 aliphatic heterocycles. The van der Waals surface area contributed by atoms with Gasteiger partial charge < -0.3 is 29.0 Å². The Hall–Kier alpha value is -3.97. The first-order valence-electron chi connectivity index (χ1n) is 15.0. The van der Waals surface area contributed by atoms with Crippen molar-refractivity contribution in [1.82, 2.24) is 19.8 Å². The Balaban J connectivity index is 1.49. The van der Waals surface area contributed by atoms with Gasteiger partial charge in [-0.15, -0.1) is 11.3 Å². The number of carbonyl (C=O) groups excluding carboxylic acids is 1. The number of carboxylic acids is 1. The third-order valence-electron chi connectivity index (χ3n) is 7.93. The average molecular weight is 669 g/mol. The molecule has 2 aromatic carbocycles. The fraction of sp³-hybridized carbons (Fsp3) is 0.394. The highest BCUT2D eigenvalue weighted by Gasteiger charge is 2.30. The SMILES string of the molecule is CCOC(=O)C(Cc1ccccc1OC)Oc1ncnc2sc(C(=O)O)c(-c3ccc(OCCN4CCN(C)CC4)c(Cl)c3C)c12. The molecule has 0 aliphatic carbocycles. The largest absolute Gasteiger partial charge is 0.496 e. The third kappa shape index (κ3) is 7.36. The van der Waals surface area contributed by atoms with Gasteiger partial charge in [-0.3, -0.25) is 4.90 Å². The third-order valence-corrected chi connectivity index (χ3v) is 9.49. The Morgan fingerprint density at radius 2 is 1.85 bits per heavy atom. The van der Waals surface area contributed by atoms with Gasteiger partial charge in [0.1, 0.15) is 34.1 Å². The number of carbonyl (C=O) groups is 2. The van der Waals surface area contributed by atoms with Gasteiger partial charge in [-0.2, -0.15) is 0 Å². The van der Waals surface area contributed by atoms with Crippen molar-refractivity contribution in [2.24, 2.45) is 0 Å². The summed E-state index contributed by atoms with van der Waals surface area (Å²) in [5.74, 6) is -0.565. The van der Waals surface area contributed by atoms with Crippen molar-refractivity contribution in [2.45, 2.75) is 26.4 Å². The summed E-state index contributed by atoms with van der Waals surface area (Å²) >= 11 is 7.83. The Kier molecular flexibility index (Phi) is 10.9. The molecule has 0 saturated carbocycles. The summed E-state index contributed by atoms with van der Waals surface area (Å²) in [6, 6.07) is 10.8. The van der Waals surface area contributed by atoms with Crippen molar-refractivity contribution in [2.75, 3.05) is 60.1 Å². The first-order chi connectivity index (χ1) is 22.2. The van der Waals surface area contributed by atoms with Gasteiger partial charge in [0.05, 0.1) is 24.1 Å². The monoisotopic (exact) mass is 668 g/mol. The molecule has 0 spiro atoms. The van der Waals surface area contributed by atoms with Crippen molar-refractivity contribution >= 4 is 45.1 Å². The van der Waals surface area contributed by atoms with Gasteiger partial charge in [-0.1, -0.05) is 35.9 Å². The molecular weight excluding hydrogens is 632 g/mol. The normalized spacial score (nSPS) is 14.6. The number of likely N-dealkylation sites (N-methyl/N-ethyl adjacent to an activating group) is 1. The minimum absolute atomic E-state index is 0.0423. The van der Waals surface area contributed by atoms with E-state index in [2.05, 4.69) is 26.8 Å². The Labute approximate surface area is 276 Å². The Morgan fingerprint density at radius 3 is 2.57 bits per heavy atom. The predicted molar refractivity (Wildman–Crippen MR) is 177 cm³/mol. The number of ether oxygens (including phenoxy) is 4.